The number of nitrogens with zero attached hydrogens (tertiary/aromatic N) is 2. The minimum Gasteiger partial charge on any atom is -0.333 e. The summed E-state index contributed by atoms with van der Waals surface area (Å²) >= 11 is 2.05. The topological polar surface area (TPSA) is 29.9 Å². The number of imidazole rings is 1. The van der Waals surface area contributed by atoms with Crippen LogP contribution in [0.15, 0.2) is 12.5 Å². The first kappa shape index (κ1) is 12.5. The van der Waals surface area contributed by atoms with Crippen molar-refractivity contribution in [3.63, 3.8) is 0 Å². The lowest BCUT2D eigenvalue weighted by Gasteiger charge is -2.41. The number of aromatic nitrogens is 2. The normalized spacial score (nSPS) is 23.8. The van der Waals surface area contributed by atoms with Gasteiger partial charge in [0.05, 0.1) is 6.33 Å². The molecule has 1 saturated carbocycles. The summed E-state index contributed by atoms with van der Waals surface area (Å²) in [4.78, 5) is 4.41. The molecular weight excluding hydrogens is 242 g/mol. The maximum Gasteiger partial charge on any atom is 0.0948 e. The van der Waals surface area contributed by atoms with E-state index in [0.29, 0.717) is 10.7 Å². The molecule has 0 unspecified atom stereocenters. The highest BCUT2D eigenvalue weighted by Crippen LogP contribution is 2.44. The van der Waals surface area contributed by atoms with Crippen molar-refractivity contribution in [3.8, 4) is 0 Å². The second-order valence-corrected chi connectivity index (χ2v) is 6.99. The van der Waals surface area contributed by atoms with Gasteiger partial charge in [-0.15, -0.1) is 0 Å². The Morgan fingerprint density at radius 2 is 2.22 bits per heavy atom. The van der Waals surface area contributed by atoms with Crippen LogP contribution in [0.25, 0.3) is 0 Å². The molecule has 2 heterocycles. The molecule has 18 heavy (non-hydrogen) atoms. The maximum absolute atomic E-state index is 4.41. The Morgan fingerprint density at radius 1 is 1.44 bits per heavy atom. The van der Waals surface area contributed by atoms with Gasteiger partial charge in [0.2, 0.25) is 0 Å². The van der Waals surface area contributed by atoms with E-state index in [4.69, 9.17) is 0 Å². The van der Waals surface area contributed by atoms with Crippen molar-refractivity contribution >= 4 is 11.8 Å². The number of hydrogen-bond donors (Lipinski definition) is 1. The minimum atomic E-state index is 0.502. The van der Waals surface area contributed by atoms with Crippen molar-refractivity contribution in [2.24, 2.45) is 0 Å². The second kappa shape index (κ2) is 5.25. The van der Waals surface area contributed by atoms with Gasteiger partial charge in [0, 0.05) is 29.1 Å². The smallest absolute Gasteiger partial charge is 0.0948 e. The van der Waals surface area contributed by atoms with Crippen LogP contribution < -0.4 is 5.32 Å². The van der Waals surface area contributed by atoms with Crippen molar-refractivity contribution in [1.82, 2.24) is 14.9 Å². The van der Waals surface area contributed by atoms with Crippen molar-refractivity contribution in [1.29, 1.82) is 0 Å². The predicted octanol–water partition coefficient (Wildman–Crippen LogP) is 2.64. The third-order valence-electron chi connectivity index (χ3n) is 4.66. The quantitative estimate of drug-likeness (QED) is 0.907. The van der Waals surface area contributed by atoms with Crippen molar-refractivity contribution in [3.05, 3.63) is 18.2 Å². The molecule has 0 aromatic carbocycles. The Morgan fingerprint density at radius 3 is 2.83 bits per heavy atom. The highest BCUT2D eigenvalue weighted by atomic mass is 32.2. The van der Waals surface area contributed by atoms with E-state index >= 15 is 0 Å². The molecule has 1 saturated heterocycles. The van der Waals surface area contributed by atoms with E-state index in [9.17, 15) is 0 Å². The highest BCUT2D eigenvalue weighted by molar-refractivity contribution is 8.00. The first-order chi connectivity index (χ1) is 8.83. The van der Waals surface area contributed by atoms with Crippen molar-refractivity contribution in [2.75, 3.05) is 19.3 Å². The Hall–Kier alpha value is -0.480. The number of rotatable bonds is 4. The Bertz CT molecular complexity index is 386. The molecular formula is C14H23N3S. The van der Waals surface area contributed by atoms with Gasteiger partial charge in [-0.1, -0.05) is 6.42 Å². The number of thioether (sulfide) groups is 1. The summed E-state index contributed by atoms with van der Waals surface area (Å²) < 4.78 is 2.94. The van der Waals surface area contributed by atoms with E-state index in [2.05, 4.69) is 39.1 Å². The van der Waals surface area contributed by atoms with Crippen LogP contribution >= 0.6 is 11.8 Å². The summed E-state index contributed by atoms with van der Waals surface area (Å²) in [7, 11) is 0. The molecule has 100 valence electrons. The van der Waals surface area contributed by atoms with Gasteiger partial charge in [-0.05, 0) is 45.0 Å². The molecule has 1 aromatic rings. The lowest BCUT2D eigenvalue weighted by atomic mass is 9.84. The standard InChI is InChI=1S/C14H23N3S/c1-18-14(5-2-6-14)10-17-11-16-9-13(17)12-3-7-15-8-4-12/h9,11-12,15H,2-8,10H2,1H3. The molecule has 0 radical (unpaired) electrons. The molecule has 3 nitrogen and oxygen atoms in total. The average Bonchev–Trinajstić information content (AvgIpc) is 2.83. The summed E-state index contributed by atoms with van der Waals surface area (Å²) in [6.45, 7) is 3.47. The van der Waals surface area contributed by atoms with Gasteiger partial charge in [-0.25, -0.2) is 4.98 Å². The third-order valence-corrected chi connectivity index (χ3v) is 6.06. The molecule has 0 bridgehead atoms. The van der Waals surface area contributed by atoms with E-state index < -0.39 is 0 Å². The highest BCUT2D eigenvalue weighted by Gasteiger charge is 2.37. The van der Waals surface area contributed by atoms with Crippen LogP contribution in [0.1, 0.15) is 43.7 Å². The van der Waals surface area contributed by atoms with Gasteiger partial charge in [-0.3, -0.25) is 0 Å². The Labute approximate surface area is 114 Å². The zero-order valence-electron chi connectivity index (χ0n) is 11.2. The average molecular weight is 265 g/mol. The van der Waals surface area contributed by atoms with Crippen LogP contribution in [0.5, 0.6) is 0 Å². The van der Waals surface area contributed by atoms with Crippen LogP contribution in [-0.4, -0.2) is 33.6 Å². The van der Waals surface area contributed by atoms with Gasteiger partial charge in [0.15, 0.2) is 0 Å². The zero-order valence-corrected chi connectivity index (χ0v) is 12.0. The van der Waals surface area contributed by atoms with E-state index in [1.807, 2.05) is 6.33 Å². The zero-order chi connectivity index (χ0) is 12.4. The lowest BCUT2D eigenvalue weighted by molar-refractivity contribution is 0.313. The number of piperidine rings is 1. The van der Waals surface area contributed by atoms with Crippen LogP contribution in [-0.2, 0) is 6.54 Å². The molecule has 1 aliphatic heterocycles. The van der Waals surface area contributed by atoms with E-state index in [1.165, 1.54) is 37.8 Å². The number of nitrogens with one attached hydrogen (secondary N) is 1. The van der Waals surface area contributed by atoms with Gasteiger partial charge in [-0.2, -0.15) is 11.8 Å². The molecule has 2 aliphatic rings. The largest absolute Gasteiger partial charge is 0.333 e. The molecule has 0 amide bonds. The Balaban J connectivity index is 1.74. The second-order valence-electron chi connectivity index (χ2n) is 5.71. The molecule has 1 aromatic heterocycles. The van der Waals surface area contributed by atoms with Crippen molar-refractivity contribution in [2.45, 2.75) is 49.3 Å². The molecule has 0 spiro atoms. The first-order valence-electron chi connectivity index (χ1n) is 7.09. The van der Waals surface area contributed by atoms with Gasteiger partial charge >= 0.3 is 0 Å². The fourth-order valence-corrected chi connectivity index (χ4v) is 4.19. The fourth-order valence-electron chi connectivity index (χ4n) is 3.23. The SMILES string of the molecule is CSC1(Cn2cncc2C2CCNCC2)CCC1. The summed E-state index contributed by atoms with van der Waals surface area (Å²) in [6, 6.07) is 0. The summed E-state index contributed by atoms with van der Waals surface area (Å²) in [5.41, 5.74) is 1.47. The summed E-state index contributed by atoms with van der Waals surface area (Å²) in [5.74, 6) is 0.715. The van der Waals surface area contributed by atoms with Crippen LogP contribution in [0.4, 0.5) is 0 Å². The molecule has 0 atom stereocenters. The van der Waals surface area contributed by atoms with Crippen molar-refractivity contribution < 1.29 is 0 Å². The molecule has 1 aliphatic carbocycles. The minimum absolute atomic E-state index is 0.502. The molecule has 3 rings (SSSR count). The summed E-state index contributed by atoms with van der Waals surface area (Å²) in [6.07, 6.45) is 13.1. The lowest BCUT2D eigenvalue weighted by Crippen LogP contribution is -2.38. The molecule has 1 N–H and O–H groups in total. The first-order valence-corrected chi connectivity index (χ1v) is 8.31. The monoisotopic (exact) mass is 265 g/mol. The Kier molecular flexibility index (Phi) is 3.66. The van der Waals surface area contributed by atoms with Gasteiger partial charge < -0.3 is 9.88 Å². The van der Waals surface area contributed by atoms with Gasteiger partial charge in [0.25, 0.3) is 0 Å². The van der Waals surface area contributed by atoms with E-state index in [0.717, 1.165) is 19.6 Å². The van der Waals surface area contributed by atoms with E-state index in [1.54, 1.807) is 0 Å². The third kappa shape index (κ3) is 2.32. The predicted molar refractivity (Wildman–Crippen MR) is 77.2 cm³/mol. The van der Waals surface area contributed by atoms with E-state index in [-0.39, 0.29) is 0 Å². The fraction of sp³-hybridized carbons (Fsp3) is 0.786. The maximum atomic E-state index is 4.41. The summed E-state index contributed by atoms with van der Waals surface area (Å²) in [5, 5.41) is 3.44. The van der Waals surface area contributed by atoms with Crippen LogP contribution in [0, 0.1) is 0 Å². The number of hydrogen-bond acceptors (Lipinski definition) is 3. The van der Waals surface area contributed by atoms with Crippen LogP contribution in [0.3, 0.4) is 0 Å². The van der Waals surface area contributed by atoms with Gasteiger partial charge in [0.1, 0.15) is 0 Å². The molecule has 4 heteroatoms. The molecule has 2 fully saturated rings. The van der Waals surface area contributed by atoms with Crippen LogP contribution in [0.2, 0.25) is 0 Å².